The highest BCUT2D eigenvalue weighted by Crippen LogP contribution is 2.14. The van der Waals surface area contributed by atoms with Crippen LogP contribution in [0.2, 0.25) is 0 Å². The van der Waals surface area contributed by atoms with Crippen LogP contribution in [-0.2, 0) is 27.1 Å². The Bertz CT molecular complexity index is 1570. The van der Waals surface area contributed by atoms with Gasteiger partial charge in [-0.1, -0.05) is 0 Å². The minimum absolute atomic E-state index is 0. The summed E-state index contributed by atoms with van der Waals surface area (Å²) >= 11 is 5.39. The summed E-state index contributed by atoms with van der Waals surface area (Å²) < 4.78 is 52.1. The first-order chi connectivity index (χ1) is 20.3. The summed E-state index contributed by atoms with van der Waals surface area (Å²) in [6, 6.07) is 12.6. The van der Waals surface area contributed by atoms with Gasteiger partial charge in [0.1, 0.15) is 0 Å². The molecule has 0 spiro atoms. The van der Waals surface area contributed by atoms with Crippen LogP contribution in [0.5, 0.6) is 0 Å². The van der Waals surface area contributed by atoms with Gasteiger partial charge in [-0.15, -0.1) is 24.0 Å². The van der Waals surface area contributed by atoms with Gasteiger partial charge in [0.25, 0.3) is 0 Å². The van der Waals surface area contributed by atoms with Crippen molar-refractivity contribution in [2.75, 3.05) is 47.1 Å². The number of halogens is 2. The zero-order chi connectivity index (χ0) is 32.0. The van der Waals surface area contributed by atoms with Gasteiger partial charge in [0.15, 0.2) is 11.6 Å². The molecule has 0 amide bonds. The Balaban J connectivity index is 0.000000371. The zero-order valence-corrected chi connectivity index (χ0v) is 28.1. The predicted molar refractivity (Wildman–Crippen MR) is 177 cm³/mol. The van der Waals surface area contributed by atoms with E-state index in [0.29, 0.717) is 35.7 Å². The van der Waals surface area contributed by atoms with Crippen LogP contribution in [0.1, 0.15) is 34.6 Å². The fourth-order valence-electron chi connectivity index (χ4n) is 3.32. The van der Waals surface area contributed by atoms with Crippen LogP contribution in [0.4, 0.5) is 11.4 Å². The summed E-state index contributed by atoms with van der Waals surface area (Å²) in [5, 5.41) is 0. The quantitative estimate of drug-likeness (QED) is 0.225. The molecule has 0 saturated heterocycles. The SMILES string of the molecule is CCS(=O)(=O)Nc1ccc(C(=O)CCl)cc1.CCS(=O)(=O)Nc1ccc(C(=O)CN2C=CN(C)C2)cc1.Cl.Cn1ccnc1. The Morgan fingerprint density at radius 2 is 1.30 bits per heavy atom. The predicted octanol–water partition coefficient (Wildman–Crippen LogP) is 4.02. The van der Waals surface area contributed by atoms with E-state index in [0.717, 1.165) is 0 Å². The van der Waals surface area contributed by atoms with Crippen LogP contribution in [0, 0.1) is 0 Å². The number of carbonyl (C=O) groups excluding carboxylic acids is 2. The smallest absolute Gasteiger partial charge is 0.232 e. The van der Waals surface area contributed by atoms with Gasteiger partial charge in [0, 0.05) is 61.4 Å². The Morgan fingerprint density at radius 1 is 0.818 bits per heavy atom. The number of carbonyl (C=O) groups is 2. The average molecular weight is 690 g/mol. The summed E-state index contributed by atoms with van der Waals surface area (Å²) in [4.78, 5) is 31.0. The number of aryl methyl sites for hydroxylation is 1. The summed E-state index contributed by atoms with van der Waals surface area (Å²) in [6.45, 7) is 4.12. The van der Waals surface area contributed by atoms with Crippen molar-refractivity contribution in [3.8, 4) is 0 Å². The molecule has 0 bridgehead atoms. The van der Waals surface area contributed by atoms with Crippen molar-refractivity contribution >= 4 is 67.0 Å². The van der Waals surface area contributed by atoms with Crippen LogP contribution in [0.25, 0.3) is 0 Å². The normalized spacial score (nSPS) is 12.2. The molecular formula is C28H38Cl2N6O6S2. The molecule has 242 valence electrons. The monoisotopic (exact) mass is 688 g/mol. The second-order valence-corrected chi connectivity index (χ2v) is 13.6. The summed E-state index contributed by atoms with van der Waals surface area (Å²) in [5.41, 5.74) is 1.94. The molecule has 0 radical (unpaired) electrons. The standard InChI is InChI=1S/C14H19N3O3S.C10H12ClNO3S.C4H6N2.ClH/c1-3-21(19,20)15-13-6-4-12(5-7-13)14(18)10-17-9-8-16(2)11-17;1-2-16(14,15)12-9-5-3-8(4-6-9)10(13)7-11;1-6-3-2-5-4-6;/h4-9,15H,3,10-11H2,1-2H3;3-6,12H,2,7H2,1H3;2-4H,1H3;1H. The van der Waals surface area contributed by atoms with E-state index in [1.165, 1.54) is 24.3 Å². The number of nitrogens with zero attached hydrogens (tertiary/aromatic N) is 4. The van der Waals surface area contributed by atoms with E-state index in [9.17, 15) is 26.4 Å². The minimum Gasteiger partial charge on any atom is -0.362 e. The van der Waals surface area contributed by atoms with Crippen molar-refractivity contribution in [1.82, 2.24) is 19.4 Å². The third-order valence-corrected chi connectivity index (χ3v) is 8.62. The number of hydrogen-bond donors (Lipinski definition) is 2. The lowest BCUT2D eigenvalue weighted by Crippen LogP contribution is -2.28. The number of ketones is 2. The molecule has 0 unspecified atom stereocenters. The third kappa shape index (κ3) is 13.8. The molecule has 1 aliphatic rings. The number of benzene rings is 2. The number of anilines is 2. The van der Waals surface area contributed by atoms with Crippen LogP contribution in [-0.4, -0.2) is 85.4 Å². The molecule has 0 atom stereocenters. The number of hydrogen-bond acceptors (Lipinski definition) is 9. The lowest BCUT2D eigenvalue weighted by molar-refractivity contribution is 0.0947. The van der Waals surface area contributed by atoms with Gasteiger partial charge >= 0.3 is 0 Å². The molecule has 12 nitrogen and oxygen atoms in total. The van der Waals surface area contributed by atoms with Gasteiger partial charge in [-0.2, -0.15) is 0 Å². The Kier molecular flexibility index (Phi) is 16.0. The van der Waals surface area contributed by atoms with E-state index in [2.05, 4.69) is 14.4 Å². The van der Waals surface area contributed by atoms with E-state index in [-0.39, 0.29) is 41.4 Å². The van der Waals surface area contributed by atoms with Crippen molar-refractivity contribution in [2.45, 2.75) is 13.8 Å². The van der Waals surface area contributed by atoms with Crippen molar-refractivity contribution in [3.05, 3.63) is 90.8 Å². The summed E-state index contributed by atoms with van der Waals surface area (Å²) in [6.07, 6.45) is 9.18. The van der Waals surface area contributed by atoms with E-state index >= 15 is 0 Å². The number of Topliss-reactive ketones (excluding diaryl/α,β-unsaturated/α-hetero) is 2. The summed E-state index contributed by atoms with van der Waals surface area (Å²) in [5.74, 6) is -0.246. The maximum atomic E-state index is 12.1. The van der Waals surface area contributed by atoms with Crippen LogP contribution >= 0.6 is 24.0 Å². The van der Waals surface area contributed by atoms with Crippen LogP contribution < -0.4 is 9.44 Å². The van der Waals surface area contributed by atoms with E-state index in [1.807, 2.05) is 47.1 Å². The van der Waals surface area contributed by atoms with Gasteiger partial charge in [-0.05, 0) is 62.4 Å². The van der Waals surface area contributed by atoms with Gasteiger partial charge in [-0.25, -0.2) is 21.8 Å². The molecule has 1 aliphatic heterocycles. The molecule has 2 heterocycles. The number of alkyl halides is 1. The number of rotatable bonds is 11. The molecule has 0 fully saturated rings. The summed E-state index contributed by atoms with van der Waals surface area (Å²) in [7, 11) is -2.68. The molecule has 2 N–H and O–H groups in total. The molecular weight excluding hydrogens is 651 g/mol. The van der Waals surface area contributed by atoms with Gasteiger partial charge in [-0.3, -0.25) is 19.0 Å². The van der Waals surface area contributed by atoms with Crippen molar-refractivity contribution < 1.29 is 26.4 Å². The van der Waals surface area contributed by atoms with Crippen molar-refractivity contribution in [2.24, 2.45) is 7.05 Å². The third-order valence-electron chi connectivity index (χ3n) is 5.76. The maximum absolute atomic E-state index is 12.1. The minimum atomic E-state index is -3.29. The van der Waals surface area contributed by atoms with E-state index in [1.54, 1.807) is 50.6 Å². The Labute approximate surface area is 270 Å². The molecule has 16 heteroatoms. The highest BCUT2D eigenvalue weighted by Gasteiger charge is 2.14. The lowest BCUT2D eigenvalue weighted by Gasteiger charge is -2.17. The molecule has 2 aromatic carbocycles. The van der Waals surface area contributed by atoms with Crippen LogP contribution in [0.3, 0.4) is 0 Å². The van der Waals surface area contributed by atoms with Gasteiger partial charge in [0.2, 0.25) is 20.0 Å². The maximum Gasteiger partial charge on any atom is 0.232 e. The fourth-order valence-corrected chi connectivity index (χ4v) is 4.76. The molecule has 4 rings (SSSR count). The van der Waals surface area contributed by atoms with E-state index < -0.39 is 20.0 Å². The fraction of sp³-hybridized carbons (Fsp3) is 0.321. The molecule has 1 aromatic heterocycles. The average Bonchev–Trinajstić information content (AvgIpc) is 3.64. The zero-order valence-electron chi connectivity index (χ0n) is 24.9. The number of sulfonamides is 2. The lowest BCUT2D eigenvalue weighted by atomic mass is 10.1. The van der Waals surface area contributed by atoms with Crippen LogP contribution in [0.15, 0.2) is 79.7 Å². The first-order valence-corrected chi connectivity index (χ1v) is 17.0. The Hall–Kier alpha value is -3.59. The molecule has 44 heavy (non-hydrogen) atoms. The van der Waals surface area contributed by atoms with Crippen molar-refractivity contribution in [1.29, 1.82) is 0 Å². The highest BCUT2D eigenvalue weighted by molar-refractivity contribution is 7.92. The largest absolute Gasteiger partial charge is 0.362 e. The number of aromatic nitrogens is 2. The first kappa shape index (κ1) is 38.4. The first-order valence-electron chi connectivity index (χ1n) is 13.2. The van der Waals surface area contributed by atoms with Crippen molar-refractivity contribution in [3.63, 3.8) is 0 Å². The molecule has 3 aromatic rings. The molecule has 0 aliphatic carbocycles. The Morgan fingerprint density at radius 3 is 1.61 bits per heavy atom. The second kappa shape index (κ2) is 18.3. The van der Waals surface area contributed by atoms with Gasteiger partial charge in [0.05, 0.1) is 36.9 Å². The topological polar surface area (TPSA) is 151 Å². The van der Waals surface area contributed by atoms with Gasteiger partial charge < -0.3 is 14.4 Å². The highest BCUT2D eigenvalue weighted by atomic mass is 35.5. The second-order valence-electron chi connectivity index (χ2n) is 9.32. The number of nitrogens with one attached hydrogen (secondary N) is 2. The molecule has 0 saturated carbocycles. The number of imidazole rings is 1. The van der Waals surface area contributed by atoms with E-state index in [4.69, 9.17) is 11.6 Å².